The highest BCUT2D eigenvalue weighted by atomic mass is 35.5. The largest absolute Gasteiger partial charge is 0.365 e. The van der Waals surface area contributed by atoms with Gasteiger partial charge in [0.15, 0.2) is 0 Å². The average molecular weight is 285 g/mol. The van der Waals surface area contributed by atoms with Gasteiger partial charge in [0.2, 0.25) is 0 Å². The van der Waals surface area contributed by atoms with E-state index in [4.69, 9.17) is 11.6 Å². The van der Waals surface area contributed by atoms with E-state index in [1.54, 1.807) is 11.8 Å². The average Bonchev–Trinajstić information content (AvgIpc) is 2.45. The van der Waals surface area contributed by atoms with E-state index in [9.17, 15) is 0 Å². The second kappa shape index (κ2) is 4.49. The topological polar surface area (TPSA) is 16.1 Å². The fraction of sp³-hybridized carbons (Fsp3) is 0.353. The van der Waals surface area contributed by atoms with Gasteiger partial charge in [-0.1, -0.05) is 42.3 Å². The van der Waals surface area contributed by atoms with Crippen molar-refractivity contribution in [2.24, 2.45) is 0 Å². The number of fused-ring (bicyclic) bond motifs is 2. The number of pyridine rings is 1. The van der Waals surface area contributed by atoms with Gasteiger partial charge in [-0.25, -0.2) is 0 Å². The van der Waals surface area contributed by atoms with Crippen LogP contribution in [0.1, 0.15) is 30.4 Å². The van der Waals surface area contributed by atoms with Gasteiger partial charge in [-0.2, -0.15) is 0 Å². The highest BCUT2D eigenvalue weighted by Gasteiger charge is 2.44. The molecule has 0 unspecified atom stereocenters. The van der Waals surface area contributed by atoms with Gasteiger partial charge in [0.05, 0.1) is 10.7 Å². The summed E-state index contributed by atoms with van der Waals surface area (Å²) in [6, 6.07) is 10.9. The predicted octanol–water partition coefficient (Wildman–Crippen LogP) is 4.18. The Kier molecular flexibility index (Phi) is 2.74. The standard InChI is InChI=1S/C17H17ClN2/c18-15-10-19-9-6-16(15)20-11-13-4-1-2-5-14(13)17(12-20)7-3-8-17/h1-2,4-6,9-10H,3,7-8,11-12H2. The molecule has 1 saturated carbocycles. The molecule has 0 bridgehead atoms. The monoisotopic (exact) mass is 284 g/mol. The van der Waals surface area contributed by atoms with Crippen molar-refractivity contribution in [2.45, 2.75) is 31.2 Å². The lowest BCUT2D eigenvalue weighted by atomic mass is 9.61. The van der Waals surface area contributed by atoms with Crippen molar-refractivity contribution < 1.29 is 0 Å². The molecule has 2 nitrogen and oxygen atoms in total. The van der Waals surface area contributed by atoms with Crippen molar-refractivity contribution in [1.29, 1.82) is 0 Å². The zero-order valence-corrected chi connectivity index (χ0v) is 12.1. The first-order valence-electron chi connectivity index (χ1n) is 7.21. The van der Waals surface area contributed by atoms with Gasteiger partial charge in [-0.15, -0.1) is 0 Å². The Morgan fingerprint density at radius 2 is 2.00 bits per heavy atom. The molecular weight excluding hydrogens is 268 g/mol. The molecule has 0 atom stereocenters. The first kappa shape index (κ1) is 12.2. The van der Waals surface area contributed by atoms with Crippen LogP contribution in [0.3, 0.4) is 0 Å². The fourth-order valence-corrected chi connectivity index (χ4v) is 3.95. The Morgan fingerprint density at radius 3 is 2.75 bits per heavy atom. The third-order valence-corrected chi connectivity index (χ3v) is 5.14. The summed E-state index contributed by atoms with van der Waals surface area (Å²) in [7, 11) is 0. The van der Waals surface area contributed by atoms with Crippen LogP contribution in [-0.2, 0) is 12.0 Å². The van der Waals surface area contributed by atoms with Crippen molar-refractivity contribution >= 4 is 17.3 Å². The number of hydrogen-bond acceptors (Lipinski definition) is 2. The van der Waals surface area contributed by atoms with Crippen LogP contribution < -0.4 is 4.90 Å². The van der Waals surface area contributed by atoms with E-state index < -0.39 is 0 Å². The number of benzene rings is 1. The van der Waals surface area contributed by atoms with Crippen molar-refractivity contribution in [3.8, 4) is 0 Å². The van der Waals surface area contributed by atoms with E-state index in [0.717, 1.165) is 23.8 Å². The first-order chi connectivity index (χ1) is 9.78. The van der Waals surface area contributed by atoms with E-state index in [1.807, 2.05) is 12.3 Å². The molecule has 0 radical (unpaired) electrons. The molecule has 1 aromatic heterocycles. The summed E-state index contributed by atoms with van der Waals surface area (Å²) in [4.78, 5) is 6.52. The minimum Gasteiger partial charge on any atom is -0.365 e. The molecule has 102 valence electrons. The van der Waals surface area contributed by atoms with Gasteiger partial charge >= 0.3 is 0 Å². The van der Waals surface area contributed by atoms with Gasteiger partial charge in [0.1, 0.15) is 0 Å². The van der Waals surface area contributed by atoms with Gasteiger partial charge in [0.25, 0.3) is 0 Å². The normalized spacial score (nSPS) is 19.6. The zero-order chi connectivity index (χ0) is 13.6. The lowest BCUT2D eigenvalue weighted by Crippen LogP contribution is -2.50. The van der Waals surface area contributed by atoms with Crippen LogP contribution in [0.5, 0.6) is 0 Å². The third kappa shape index (κ3) is 1.75. The molecule has 1 aliphatic heterocycles. The summed E-state index contributed by atoms with van der Waals surface area (Å²) in [5.74, 6) is 0. The van der Waals surface area contributed by atoms with Crippen LogP contribution >= 0.6 is 11.6 Å². The summed E-state index contributed by atoms with van der Waals surface area (Å²) in [5.41, 5.74) is 4.47. The molecule has 1 aliphatic carbocycles. The molecular formula is C17H17ClN2. The lowest BCUT2D eigenvalue weighted by molar-refractivity contribution is 0.235. The number of halogens is 1. The molecule has 2 aliphatic rings. The lowest BCUT2D eigenvalue weighted by Gasteiger charge is -2.50. The highest BCUT2D eigenvalue weighted by molar-refractivity contribution is 6.33. The van der Waals surface area contributed by atoms with Crippen LogP contribution in [0.25, 0.3) is 0 Å². The Hall–Kier alpha value is -1.54. The molecule has 2 aromatic rings. The molecule has 1 aromatic carbocycles. The third-order valence-electron chi connectivity index (χ3n) is 4.85. The summed E-state index contributed by atoms with van der Waals surface area (Å²) in [5, 5.41) is 0.751. The van der Waals surface area contributed by atoms with E-state index in [2.05, 4.69) is 34.1 Å². The summed E-state index contributed by atoms with van der Waals surface area (Å²) in [6.45, 7) is 2.02. The van der Waals surface area contributed by atoms with Gasteiger partial charge in [-0.05, 0) is 30.0 Å². The van der Waals surface area contributed by atoms with Crippen molar-refractivity contribution in [2.75, 3.05) is 11.4 Å². The van der Waals surface area contributed by atoms with E-state index in [-0.39, 0.29) is 0 Å². The van der Waals surface area contributed by atoms with E-state index in [1.165, 1.54) is 24.8 Å². The maximum Gasteiger partial charge on any atom is 0.0822 e. The second-order valence-corrected chi connectivity index (χ2v) is 6.38. The SMILES string of the molecule is Clc1cnccc1N1Cc2ccccc2C2(CCC2)C1. The van der Waals surface area contributed by atoms with Crippen LogP contribution in [0.15, 0.2) is 42.7 Å². The van der Waals surface area contributed by atoms with Crippen LogP contribution in [0.2, 0.25) is 5.02 Å². The van der Waals surface area contributed by atoms with E-state index in [0.29, 0.717) is 5.41 Å². The number of rotatable bonds is 1. The molecule has 2 heterocycles. The second-order valence-electron chi connectivity index (χ2n) is 5.97. The van der Waals surface area contributed by atoms with Gasteiger partial charge < -0.3 is 4.90 Å². The van der Waals surface area contributed by atoms with Crippen molar-refractivity contribution in [1.82, 2.24) is 4.98 Å². The molecule has 1 fully saturated rings. The molecule has 20 heavy (non-hydrogen) atoms. The molecule has 4 rings (SSSR count). The van der Waals surface area contributed by atoms with Gasteiger partial charge in [0, 0.05) is 30.9 Å². The van der Waals surface area contributed by atoms with Crippen LogP contribution in [0.4, 0.5) is 5.69 Å². The smallest absolute Gasteiger partial charge is 0.0822 e. The predicted molar refractivity (Wildman–Crippen MR) is 82.3 cm³/mol. The number of anilines is 1. The Labute approximate surface area is 124 Å². The quantitative estimate of drug-likeness (QED) is 0.781. The molecule has 0 N–H and O–H groups in total. The number of hydrogen-bond donors (Lipinski definition) is 0. The number of aromatic nitrogens is 1. The van der Waals surface area contributed by atoms with E-state index >= 15 is 0 Å². The Balaban J connectivity index is 1.78. The zero-order valence-electron chi connectivity index (χ0n) is 11.3. The summed E-state index contributed by atoms with van der Waals surface area (Å²) in [6.07, 6.45) is 7.50. The summed E-state index contributed by atoms with van der Waals surface area (Å²) < 4.78 is 0. The Bertz CT molecular complexity index is 649. The maximum absolute atomic E-state index is 6.33. The number of nitrogens with zero attached hydrogens (tertiary/aromatic N) is 2. The minimum absolute atomic E-state index is 0.349. The first-order valence-corrected chi connectivity index (χ1v) is 7.59. The molecule has 1 spiro atoms. The molecule has 0 amide bonds. The Morgan fingerprint density at radius 1 is 1.15 bits per heavy atom. The van der Waals surface area contributed by atoms with Crippen molar-refractivity contribution in [3.63, 3.8) is 0 Å². The van der Waals surface area contributed by atoms with Gasteiger partial charge in [-0.3, -0.25) is 4.98 Å². The summed E-state index contributed by atoms with van der Waals surface area (Å²) >= 11 is 6.33. The van der Waals surface area contributed by atoms with Crippen LogP contribution in [-0.4, -0.2) is 11.5 Å². The van der Waals surface area contributed by atoms with Crippen molar-refractivity contribution in [3.05, 3.63) is 58.9 Å². The minimum atomic E-state index is 0.349. The fourth-order valence-electron chi connectivity index (χ4n) is 3.71. The maximum atomic E-state index is 6.33. The van der Waals surface area contributed by atoms with Crippen LogP contribution in [0, 0.1) is 0 Å². The molecule has 3 heteroatoms. The molecule has 0 saturated heterocycles. The highest BCUT2D eigenvalue weighted by Crippen LogP contribution is 2.49.